The van der Waals surface area contributed by atoms with E-state index >= 15 is 0 Å². The quantitative estimate of drug-likeness (QED) is 0.585. The number of rotatable bonds is 1. The zero-order chi connectivity index (χ0) is 10.1. The molecule has 0 aliphatic carbocycles. The Bertz CT molecular complexity index is 470. The normalized spacial score (nSPS) is 10.5. The molecular formula is C9H6ClIN2S. The minimum atomic E-state index is 0.517. The number of nitrogens with zero attached hydrogens (tertiary/aromatic N) is 2. The van der Waals surface area contributed by atoms with Crippen LogP contribution in [0.4, 0.5) is 0 Å². The number of halogens is 2. The molecule has 0 saturated heterocycles. The summed E-state index contributed by atoms with van der Waals surface area (Å²) in [6, 6.07) is 2.05. The minimum absolute atomic E-state index is 0.517. The maximum Gasteiger partial charge on any atom is 0.171 e. The van der Waals surface area contributed by atoms with Crippen molar-refractivity contribution in [3.05, 3.63) is 31.9 Å². The van der Waals surface area contributed by atoms with Crippen LogP contribution in [0.25, 0.3) is 10.7 Å². The Labute approximate surface area is 104 Å². The molecule has 0 atom stereocenters. The summed E-state index contributed by atoms with van der Waals surface area (Å²) in [5.74, 6) is 0.711. The van der Waals surface area contributed by atoms with Crippen LogP contribution in [0, 0.1) is 10.5 Å². The number of thiophene rings is 1. The smallest absolute Gasteiger partial charge is 0.171 e. The molecule has 0 unspecified atom stereocenters. The van der Waals surface area contributed by atoms with Crippen LogP contribution in [0.3, 0.4) is 0 Å². The van der Waals surface area contributed by atoms with Gasteiger partial charge in [0, 0.05) is 6.20 Å². The van der Waals surface area contributed by atoms with Gasteiger partial charge in [0.15, 0.2) is 5.82 Å². The summed E-state index contributed by atoms with van der Waals surface area (Å²) in [5.41, 5.74) is 1.19. The fourth-order valence-corrected chi connectivity index (χ4v) is 2.31. The molecule has 0 fully saturated rings. The van der Waals surface area contributed by atoms with E-state index in [1.807, 2.05) is 12.3 Å². The molecule has 2 aromatic rings. The lowest BCUT2D eigenvalue weighted by Crippen LogP contribution is -1.90. The predicted octanol–water partition coefficient (Wildman–Crippen LogP) is 3.77. The summed E-state index contributed by atoms with van der Waals surface area (Å²) in [6.07, 6.45) is 1.74. The number of aromatic nitrogens is 2. The number of hydrogen-bond donors (Lipinski definition) is 0. The van der Waals surface area contributed by atoms with Gasteiger partial charge in [-0.25, -0.2) is 9.97 Å². The highest BCUT2D eigenvalue weighted by Crippen LogP contribution is 2.27. The van der Waals surface area contributed by atoms with Gasteiger partial charge in [0.1, 0.15) is 5.15 Å². The van der Waals surface area contributed by atoms with E-state index in [9.17, 15) is 0 Å². The van der Waals surface area contributed by atoms with Crippen molar-refractivity contribution in [3.63, 3.8) is 0 Å². The second-order valence-corrected chi connectivity index (χ2v) is 5.20. The average molecular weight is 337 g/mol. The van der Waals surface area contributed by atoms with Crippen molar-refractivity contribution >= 4 is 45.5 Å². The molecule has 0 amide bonds. The van der Waals surface area contributed by atoms with Gasteiger partial charge in [-0.05, 0) is 46.5 Å². The second kappa shape index (κ2) is 4.12. The maximum atomic E-state index is 5.93. The monoisotopic (exact) mass is 336 g/mol. The first-order valence-corrected chi connectivity index (χ1v) is 6.24. The van der Waals surface area contributed by atoms with Gasteiger partial charge < -0.3 is 0 Å². The first kappa shape index (κ1) is 10.3. The second-order valence-electron chi connectivity index (χ2n) is 2.77. The largest absolute Gasteiger partial charge is 0.235 e. The molecule has 2 aromatic heterocycles. The average Bonchev–Trinajstić information content (AvgIpc) is 2.57. The van der Waals surface area contributed by atoms with Crippen molar-refractivity contribution in [2.45, 2.75) is 6.92 Å². The van der Waals surface area contributed by atoms with Gasteiger partial charge >= 0.3 is 0 Å². The lowest BCUT2D eigenvalue weighted by molar-refractivity contribution is 1.16. The summed E-state index contributed by atoms with van der Waals surface area (Å²) >= 11 is 9.67. The Morgan fingerprint density at radius 3 is 2.86 bits per heavy atom. The van der Waals surface area contributed by atoms with Crippen LogP contribution in [-0.2, 0) is 0 Å². The minimum Gasteiger partial charge on any atom is -0.235 e. The molecule has 0 N–H and O–H groups in total. The van der Waals surface area contributed by atoms with E-state index in [0.717, 1.165) is 8.45 Å². The van der Waals surface area contributed by atoms with Crippen molar-refractivity contribution in [1.29, 1.82) is 0 Å². The van der Waals surface area contributed by atoms with Crippen LogP contribution < -0.4 is 0 Å². The van der Waals surface area contributed by atoms with Crippen LogP contribution in [0.1, 0.15) is 5.56 Å². The van der Waals surface area contributed by atoms with Gasteiger partial charge in [0.25, 0.3) is 0 Å². The van der Waals surface area contributed by atoms with Crippen molar-refractivity contribution in [3.8, 4) is 10.7 Å². The van der Waals surface area contributed by atoms with E-state index < -0.39 is 0 Å². The van der Waals surface area contributed by atoms with Crippen molar-refractivity contribution < 1.29 is 0 Å². The van der Waals surface area contributed by atoms with Crippen LogP contribution in [0.2, 0.25) is 5.15 Å². The third-order valence-electron chi connectivity index (χ3n) is 1.77. The number of aryl methyl sites for hydroxylation is 1. The summed E-state index contributed by atoms with van der Waals surface area (Å²) in [4.78, 5) is 9.57. The Hall–Kier alpha value is -0.200. The highest BCUT2D eigenvalue weighted by Gasteiger charge is 2.08. The summed E-state index contributed by atoms with van der Waals surface area (Å²) < 4.78 is 0.877. The molecule has 0 aromatic carbocycles. The number of hydrogen-bond acceptors (Lipinski definition) is 3. The van der Waals surface area contributed by atoms with E-state index in [2.05, 4.69) is 38.6 Å². The van der Waals surface area contributed by atoms with Gasteiger partial charge in [-0.3, -0.25) is 0 Å². The SMILES string of the molecule is Cc1ccsc1-c1ncc(I)c(Cl)n1. The molecule has 0 aliphatic heterocycles. The first-order chi connectivity index (χ1) is 6.68. The van der Waals surface area contributed by atoms with E-state index in [1.165, 1.54) is 5.56 Å². The van der Waals surface area contributed by atoms with Gasteiger partial charge in [-0.1, -0.05) is 11.6 Å². The zero-order valence-corrected chi connectivity index (χ0v) is 11.0. The molecule has 14 heavy (non-hydrogen) atoms. The lowest BCUT2D eigenvalue weighted by atomic mass is 10.3. The van der Waals surface area contributed by atoms with Gasteiger partial charge in [0.05, 0.1) is 8.45 Å². The van der Waals surface area contributed by atoms with Crippen molar-refractivity contribution in [2.75, 3.05) is 0 Å². The highest BCUT2D eigenvalue weighted by molar-refractivity contribution is 14.1. The van der Waals surface area contributed by atoms with E-state index in [1.54, 1.807) is 17.5 Å². The fraction of sp³-hybridized carbons (Fsp3) is 0.111. The predicted molar refractivity (Wildman–Crippen MR) is 67.8 cm³/mol. The summed E-state index contributed by atoms with van der Waals surface area (Å²) in [7, 11) is 0. The van der Waals surface area contributed by atoms with Crippen LogP contribution in [0.15, 0.2) is 17.6 Å². The van der Waals surface area contributed by atoms with Crippen LogP contribution in [0.5, 0.6) is 0 Å². The molecule has 0 bridgehead atoms. The molecular weight excluding hydrogens is 331 g/mol. The summed E-state index contributed by atoms with van der Waals surface area (Å²) in [6.45, 7) is 2.04. The van der Waals surface area contributed by atoms with Crippen LogP contribution in [-0.4, -0.2) is 9.97 Å². The molecule has 5 heteroatoms. The molecule has 72 valence electrons. The molecule has 2 rings (SSSR count). The molecule has 0 radical (unpaired) electrons. The topological polar surface area (TPSA) is 25.8 Å². The Morgan fingerprint density at radius 1 is 1.50 bits per heavy atom. The zero-order valence-electron chi connectivity index (χ0n) is 7.29. The Kier molecular flexibility index (Phi) is 3.04. The van der Waals surface area contributed by atoms with E-state index in [4.69, 9.17) is 11.6 Å². The van der Waals surface area contributed by atoms with Gasteiger partial charge in [-0.2, -0.15) is 0 Å². The molecule has 0 aliphatic rings. The van der Waals surface area contributed by atoms with E-state index in [0.29, 0.717) is 11.0 Å². The molecule has 0 saturated carbocycles. The molecule has 2 heterocycles. The molecule has 0 spiro atoms. The molecule has 2 nitrogen and oxygen atoms in total. The van der Waals surface area contributed by atoms with Crippen LogP contribution >= 0.6 is 45.5 Å². The first-order valence-electron chi connectivity index (χ1n) is 3.91. The maximum absolute atomic E-state index is 5.93. The van der Waals surface area contributed by atoms with Crippen molar-refractivity contribution in [2.24, 2.45) is 0 Å². The third-order valence-corrected chi connectivity index (χ3v) is 4.18. The van der Waals surface area contributed by atoms with Gasteiger partial charge in [0.2, 0.25) is 0 Å². The Balaban J connectivity index is 2.53. The van der Waals surface area contributed by atoms with Gasteiger partial charge in [-0.15, -0.1) is 11.3 Å². The van der Waals surface area contributed by atoms with Crippen molar-refractivity contribution in [1.82, 2.24) is 9.97 Å². The third kappa shape index (κ3) is 1.92. The lowest BCUT2D eigenvalue weighted by Gasteiger charge is -1.99. The fourth-order valence-electron chi connectivity index (χ4n) is 1.06. The van der Waals surface area contributed by atoms with E-state index in [-0.39, 0.29) is 0 Å². The highest BCUT2D eigenvalue weighted by atomic mass is 127. The standard InChI is InChI=1S/C9H6ClIN2S/c1-5-2-3-14-7(5)9-12-4-6(11)8(10)13-9/h2-4H,1H3. The Morgan fingerprint density at radius 2 is 2.29 bits per heavy atom. The summed E-state index contributed by atoms with van der Waals surface area (Å²) in [5, 5.41) is 2.54.